The van der Waals surface area contributed by atoms with Crippen molar-refractivity contribution >= 4 is 32.7 Å². The van der Waals surface area contributed by atoms with E-state index in [-0.39, 0.29) is 24.9 Å². The topological polar surface area (TPSA) is 85.3 Å². The van der Waals surface area contributed by atoms with Gasteiger partial charge >= 0.3 is 0 Å². The van der Waals surface area contributed by atoms with Crippen LogP contribution in [0.2, 0.25) is 0 Å². The van der Waals surface area contributed by atoms with Crippen LogP contribution in [0.1, 0.15) is 23.3 Å². The second kappa shape index (κ2) is 8.65. The standard InChI is InChI=1S/C20H20BrFN2O3/c21-18-16-8-5-13(12-3-6-14(22)7-4-12)10-17(16)24-19(18)20(27)23-11-15(26)2-1-9-25/h3-8,10,15,24-26H,1-2,9,11H2,(H,23,27). The molecule has 3 rings (SSSR count). The van der Waals surface area contributed by atoms with Gasteiger partial charge in [-0.25, -0.2) is 4.39 Å². The molecule has 27 heavy (non-hydrogen) atoms. The Morgan fingerprint density at radius 2 is 1.89 bits per heavy atom. The normalized spacial score (nSPS) is 12.3. The van der Waals surface area contributed by atoms with Crippen LogP contribution in [0, 0.1) is 5.82 Å². The minimum atomic E-state index is -0.700. The highest BCUT2D eigenvalue weighted by molar-refractivity contribution is 9.10. The zero-order valence-corrected chi connectivity index (χ0v) is 16.1. The molecule has 1 unspecified atom stereocenters. The van der Waals surface area contributed by atoms with Crippen LogP contribution in [-0.2, 0) is 0 Å². The molecule has 2 aromatic carbocycles. The van der Waals surface area contributed by atoms with E-state index in [1.54, 1.807) is 12.1 Å². The minimum absolute atomic E-state index is 0.00889. The van der Waals surface area contributed by atoms with Gasteiger partial charge in [-0.15, -0.1) is 0 Å². The summed E-state index contributed by atoms with van der Waals surface area (Å²) in [5.41, 5.74) is 2.93. The maximum atomic E-state index is 13.1. The Hall–Kier alpha value is -2.22. The second-order valence-electron chi connectivity index (χ2n) is 6.31. The van der Waals surface area contributed by atoms with Crippen molar-refractivity contribution in [2.75, 3.05) is 13.2 Å². The lowest BCUT2D eigenvalue weighted by Crippen LogP contribution is -2.32. The Kier molecular flexibility index (Phi) is 6.26. The third-order valence-corrected chi connectivity index (χ3v) is 5.16. The highest BCUT2D eigenvalue weighted by Crippen LogP contribution is 2.31. The lowest BCUT2D eigenvalue weighted by molar-refractivity contribution is 0.0900. The highest BCUT2D eigenvalue weighted by Gasteiger charge is 2.17. The molecule has 7 heteroatoms. The number of fused-ring (bicyclic) bond motifs is 1. The van der Waals surface area contributed by atoms with Crippen LogP contribution < -0.4 is 5.32 Å². The van der Waals surface area contributed by atoms with Gasteiger partial charge in [0, 0.05) is 24.1 Å². The van der Waals surface area contributed by atoms with E-state index in [0.717, 1.165) is 22.0 Å². The molecule has 1 heterocycles. The minimum Gasteiger partial charge on any atom is -0.396 e. The van der Waals surface area contributed by atoms with E-state index in [1.807, 2.05) is 18.2 Å². The van der Waals surface area contributed by atoms with Gasteiger partial charge in [0.05, 0.1) is 10.6 Å². The van der Waals surface area contributed by atoms with Gasteiger partial charge in [-0.05, 0) is 58.1 Å². The van der Waals surface area contributed by atoms with E-state index in [1.165, 1.54) is 12.1 Å². The number of aliphatic hydroxyl groups excluding tert-OH is 2. The van der Waals surface area contributed by atoms with Crippen molar-refractivity contribution in [1.29, 1.82) is 0 Å². The lowest BCUT2D eigenvalue weighted by Gasteiger charge is -2.10. The molecule has 0 aliphatic carbocycles. The summed E-state index contributed by atoms with van der Waals surface area (Å²) in [7, 11) is 0. The molecular weight excluding hydrogens is 415 g/mol. The predicted octanol–water partition coefficient (Wildman–Crippen LogP) is 3.60. The molecule has 0 aliphatic rings. The maximum absolute atomic E-state index is 13.1. The number of nitrogens with one attached hydrogen (secondary N) is 2. The maximum Gasteiger partial charge on any atom is 0.269 e. The number of aromatic nitrogens is 1. The Morgan fingerprint density at radius 3 is 2.59 bits per heavy atom. The van der Waals surface area contributed by atoms with Crippen LogP contribution in [0.4, 0.5) is 4.39 Å². The molecule has 0 fully saturated rings. The number of halogens is 2. The number of hydrogen-bond acceptors (Lipinski definition) is 3. The number of rotatable bonds is 7. The molecule has 3 aromatic rings. The zero-order valence-electron chi connectivity index (χ0n) is 14.5. The van der Waals surface area contributed by atoms with E-state index in [9.17, 15) is 14.3 Å². The molecule has 1 amide bonds. The number of amides is 1. The van der Waals surface area contributed by atoms with Gasteiger partial charge in [0.1, 0.15) is 11.5 Å². The van der Waals surface area contributed by atoms with Gasteiger partial charge in [0.2, 0.25) is 0 Å². The van der Waals surface area contributed by atoms with Gasteiger partial charge in [-0.1, -0.05) is 24.3 Å². The van der Waals surface area contributed by atoms with E-state index >= 15 is 0 Å². The highest BCUT2D eigenvalue weighted by atomic mass is 79.9. The molecular formula is C20H20BrFN2O3. The number of H-pyrrole nitrogens is 1. The summed E-state index contributed by atoms with van der Waals surface area (Å²) in [4.78, 5) is 15.5. The van der Waals surface area contributed by atoms with Gasteiger partial charge in [-0.2, -0.15) is 0 Å². The van der Waals surface area contributed by atoms with E-state index < -0.39 is 6.10 Å². The third kappa shape index (κ3) is 4.55. The largest absolute Gasteiger partial charge is 0.396 e. The van der Waals surface area contributed by atoms with Gasteiger partial charge in [-0.3, -0.25) is 4.79 Å². The summed E-state index contributed by atoms with van der Waals surface area (Å²) < 4.78 is 13.8. The van der Waals surface area contributed by atoms with Crippen LogP contribution in [0.25, 0.3) is 22.0 Å². The van der Waals surface area contributed by atoms with Crippen LogP contribution >= 0.6 is 15.9 Å². The van der Waals surface area contributed by atoms with Crippen molar-refractivity contribution in [2.24, 2.45) is 0 Å². The summed E-state index contributed by atoms with van der Waals surface area (Å²) in [6, 6.07) is 11.9. The van der Waals surface area contributed by atoms with Crippen molar-refractivity contribution in [2.45, 2.75) is 18.9 Å². The Balaban J connectivity index is 1.79. The van der Waals surface area contributed by atoms with Crippen molar-refractivity contribution in [3.8, 4) is 11.1 Å². The van der Waals surface area contributed by atoms with Crippen molar-refractivity contribution in [3.63, 3.8) is 0 Å². The van der Waals surface area contributed by atoms with Crippen molar-refractivity contribution in [3.05, 3.63) is 58.4 Å². The molecule has 4 N–H and O–H groups in total. The molecule has 0 bridgehead atoms. The number of aromatic amines is 1. The first kappa shape index (κ1) is 19.5. The van der Waals surface area contributed by atoms with Crippen LogP contribution in [0.3, 0.4) is 0 Å². The SMILES string of the molecule is O=C(NCC(O)CCCO)c1[nH]c2cc(-c3ccc(F)cc3)ccc2c1Br. The molecule has 0 spiro atoms. The fourth-order valence-electron chi connectivity index (χ4n) is 2.87. The van der Waals surface area contributed by atoms with Crippen LogP contribution in [-0.4, -0.2) is 40.4 Å². The second-order valence-corrected chi connectivity index (χ2v) is 7.10. The summed E-state index contributed by atoms with van der Waals surface area (Å²) in [6.45, 7) is 0.121. The first-order valence-electron chi connectivity index (χ1n) is 8.64. The number of carbonyl (C=O) groups is 1. The quantitative estimate of drug-likeness (QED) is 0.458. The van der Waals surface area contributed by atoms with E-state index in [4.69, 9.17) is 5.11 Å². The zero-order chi connectivity index (χ0) is 19.4. The van der Waals surface area contributed by atoms with Crippen molar-refractivity contribution in [1.82, 2.24) is 10.3 Å². The summed E-state index contributed by atoms with van der Waals surface area (Å²) in [6.07, 6.45) is 0.208. The van der Waals surface area contributed by atoms with Gasteiger partial charge in [0.15, 0.2) is 0 Å². The van der Waals surface area contributed by atoms with Gasteiger partial charge < -0.3 is 20.5 Å². The summed E-state index contributed by atoms with van der Waals surface area (Å²) >= 11 is 3.45. The fourth-order valence-corrected chi connectivity index (χ4v) is 3.49. The third-order valence-electron chi connectivity index (χ3n) is 4.33. The van der Waals surface area contributed by atoms with Gasteiger partial charge in [0.25, 0.3) is 5.91 Å². The summed E-state index contributed by atoms with van der Waals surface area (Å²) in [5, 5.41) is 22.1. The summed E-state index contributed by atoms with van der Waals surface area (Å²) in [5.74, 6) is -0.618. The smallest absolute Gasteiger partial charge is 0.269 e. The molecule has 0 radical (unpaired) electrons. The average Bonchev–Trinajstić information content (AvgIpc) is 3.01. The average molecular weight is 435 g/mol. The van der Waals surface area contributed by atoms with Crippen LogP contribution in [0.5, 0.6) is 0 Å². The lowest BCUT2D eigenvalue weighted by atomic mass is 10.0. The Labute approximate surface area is 164 Å². The molecule has 1 aromatic heterocycles. The fraction of sp³-hybridized carbons (Fsp3) is 0.250. The first-order valence-corrected chi connectivity index (χ1v) is 9.43. The first-order chi connectivity index (χ1) is 13.0. The van der Waals surface area contributed by atoms with Crippen LogP contribution in [0.15, 0.2) is 46.9 Å². The number of carbonyl (C=O) groups excluding carboxylic acids is 1. The van der Waals surface area contributed by atoms with E-state index in [0.29, 0.717) is 23.0 Å². The van der Waals surface area contributed by atoms with Crippen molar-refractivity contribution < 1.29 is 19.4 Å². The Morgan fingerprint density at radius 1 is 1.19 bits per heavy atom. The molecule has 5 nitrogen and oxygen atoms in total. The van der Waals surface area contributed by atoms with E-state index in [2.05, 4.69) is 26.2 Å². The molecule has 1 atom stereocenters. The predicted molar refractivity (Wildman–Crippen MR) is 106 cm³/mol. The molecule has 142 valence electrons. The number of hydrogen-bond donors (Lipinski definition) is 4. The molecule has 0 saturated carbocycles. The molecule has 0 aliphatic heterocycles. The Bertz CT molecular complexity index is 940. The molecule has 0 saturated heterocycles. The number of benzene rings is 2. The number of aliphatic hydroxyl groups is 2. The monoisotopic (exact) mass is 434 g/mol.